The number of aliphatic carboxylic acids is 1. The van der Waals surface area contributed by atoms with Crippen molar-refractivity contribution in [1.82, 2.24) is 0 Å². The number of carboxylic acid groups (broad SMARTS) is 1. The van der Waals surface area contributed by atoms with E-state index in [2.05, 4.69) is 4.74 Å². The summed E-state index contributed by atoms with van der Waals surface area (Å²) >= 11 is 0. The first-order valence-corrected chi connectivity index (χ1v) is 4.49. The van der Waals surface area contributed by atoms with Crippen LogP contribution in [0.5, 0.6) is 0 Å². The third kappa shape index (κ3) is 3.83. The second kappa shape index (κ2) is 4.57. The second-order valence-electron chi connectivity index (χ2n) is 4.15. The molecule has 5 nitrogen and oxygen atoms in total. The van der Waals surface area contributed by atoms with Crippen LogP contribution in [0.15, 0.2) is 0 Å². The molecule has 0 saturated carbocycles. The van der Waals surface area contributed by atoms with Crippen LogP contribution in [-0.2, 0) is 14.3 Å². The normalized spacial score (nSPS) is 15.5. The molecule has 0 aliphatic heterocycles. The molecule has 0 aliphatic rings. The summed E-state index contributed by atoms with van der Waals surface area (Å²) in [6, 6.07) is 0. The van der Waals surface area contributed by atoms with E-state index in [4.69, 9.17) is 10.8 Å². The minimum atomic E-state index is -3.05. The number of carbonyl (C=O) groups is 2. The third-order valence-electron chi connectivity index (χ3n) is 1.55. The molecule has 1 unspecified atom stereocenters. The maximum atomic E-state index is 13.7. The minimum absolute atomic E-state index is 0.248. The Hall–Kier alpha value is -1.17. The fourth-order valence-electron chi connectivity index (χ4n) is 0.854. The molecule has 0 saturated heterocycles. The average Bonchev–Trinajstić information content (AvgIpc) is 2.00. The van der Waals surface area contributed by atoms with Crippen LogP contribution >= 0.6 is 0 Å². The summed E-state index contributed by atoms with van der Waals surface area (Å²) in [5.74, 6) is -3.28. The van der Waals surface area contributed by atoms with Crippen molar-refractivity contribution < 1.29 is 23.8 Å². The SMILES string of the molecule is CC(C)(C)OC(=O)C(F)(CCN)C(=O)O. The van der Waals surface area contributed by atoms with Gasteiger partial charge < -0.3 is 15.6 Å². The van der Waals surface area contributed by atoms with Crippen molar-refractivity contribution in [1.29, 1.82) is 0 Å². The number of hydrogen-bond acceptors (Lipinski definition) is 4. The topological polar surface area (TPSA) is 89.6 Å². The number of nitrogens with two attached hydrogens (primary N) is 1. The van der Waals surface area contributed by atoms with Crippen LogP contribution in [0.2, 0.25) is 0 Å². The molecule has 0 heterocycles. The standard InChI is InChI=1S/C9H16FNO4/c1-8(2,3)15-7(14)9(10,4-5-11)6(12)13/h4-5,11H2,1-3H3,(H,12,13). The van der Waals surface area contributed by atoms with Crippen LogP contribution in [0, 0.1) is 0 Å². The Labute approximate surface area is 87.4 Å². The highest BCUT2D eigenvalue weighted by Gasteiger charge is 2.49. The lowest BCUT2D eigenvalue weighted by Gasteiger charge is -2.25. The Balaban J connectivity index is 4.79. The lowest BCUT2D eigenvalue weighted by molar-refractivity contribution is -0.179. The van der Waals surface area contributed by atoms with E-state index in [1.54, 1.807) is 0 Å². The number of esters is 1. The first kappa shape index (κ1) is 13.8. The Morgan fingerprint density at radius 1 is 1.40 bits per heavy atom. The Bertz CT molecular complexity index is 261. The van der Waals surface area contributed by atoms with Gasteiger partial charge in [0.25, 0.3) is 0 Å². The zero-order valence-corrected chi connectivity index (χ0v) is 9.04. The number of rotatable bonds is 4. The number of alkyl halides is 1. The zero-order valence-electron chi connectivity index (χ0n) is 9.04. The molecule has 6 heteroatoms. The van der Waals surface area contributed by atoms with Crippen molar-refractivity contribution in [3.8, 4) is 0 Å². The lowest BCUT2D eigenvalue weighted by atomic mass is 10.0. The predicted molar refractivity (Wildman–Crippen MR) is 51.0 cm³/mol. The zero-order chi connectivity index (χ0) is 12.3. The number of carboxylic acids is 1. The molecular weight excluding hydrogens is 205 g/mol. The van der Waals surface area contributed by atoms with Crippen molar-refractivity contribution in [2.75, 3.05) is 6.54 Å². The van der Waals surface area contributed by atoms with E-state index in [9.17, 15) is 14.0 Å². The van der Waals surface area contributed by atoms with Gasteiger partial charge in [0, 0.05) is 6.42 Å². The van der Waals surface area contributed by atoms with Crippen LogP contribution in [0.25, 0.3) is 0 Å². The fraction of sp³-hybridized carbons (Fsp3) is 0.778. The van der Waals surface area contributed by atoms with Gasteiger partial charge in [-0.25, -0.2) is 14.0 Å². The van der Waals surface area contributed by atoms with Crippen LogP contribution < -0.4 is 5.73 Å². The van der Waals surface area contributed by atoms with Gasteiger partial charge in [0.1, 0.15) is 5.60 Å². The quantitative estimate of drug-likeness (QED) is 0.532. The highest BCUT2D eigenvalue weighted by molar-refractivity contribution is 6.02. The molecule has 0 aliphatic carbocycles. The van der Waals surface area contributed by atoms with Gasteiger partial charge in [-0.2, -0.15) is 0 Å². The van der Waals surface area contributed by atoms with Crippen LogP contribution in [0.1, 0.15) is 27.2 Å². The summed E-state index contributed by atoms with van der Waals surface area (Å²) in [5, 5.41) is 8.60. The number of halogens is 1. The molecule has 88 valence electrons. The monoisotopic (exact) mass is 221 g/mol. The lowest BCUT2D eigenvalue weighted by Crippen LogP contribution is -2.47. The Kier molecular flexibility index (Phi) is 4.21. The van der Waals surface area contributed by atoms with Gasteiger partial charge in [-0.05, 0) is 27.3 Å². The van der Waals surface area contributed by atoms with E-state index in [1.807, 2.05) is 0 Å². The van der Waals surface area contributed by atoms with Crippen molar-refractivity contribution in [3.63, 3.8) is 0 Å². The molecule has 1 atom stereocenters. The van der Waals surface area contributed by atoms with Crippen molar-refractivity contribution in [2.24, 2.45) is 5.73 Å². The highest BCUT2D eigenvalue weighted by Crippen LogP contribution is 2.21. The molecule has 0 amide bonds. The molecule has 0 aromatic rings. The molecule has 15 heavy (non-hydrogen) atoms. The first-order valence-electron chi connectivity index (χ1n) is 4.49. The van der Waals surface area contributed by atoms with Crippen molar-refractivity contribution in [2.45, 2.75) is 38.5 Å². The maximum Gasteiger partial charge on any atom is 0.356 e. The van der Waals surface area contributed by atoms with E-state index in [0.717, 1.165) is 0 Å². The predicted octanol–water partition coefficient (Wildman–Crippen LogP) is 0.470. The van der Waals surface area contributed by atoms with E-state index < -0.39 is 29.6 Å². The molecule has 0 bridgehead atoms. The highest BCUT2D eigenvalue weighted by atomic mass is 19.1. The first-order chi connectivity index (χ1) is 6.63. The van der Waals surface area contributed by atoms with Gasteiger partial charge in [0.15, 0.2) is 0 Å². The average molecular weight is 221 g/mol. The molecular formula is C9H16FNO4. The molecule has 0 spiro atoms. The van der Waals surface area contributed by atoms with E-state index >= 15 is 0 Å². The van der Waals surface area contributed by atoms with Gasteiger partial charge in [-0.3, -0.25) is 0 Å². The Morgan fingerprint density at radius 3 is 2.13 bits per heavy atom. The van der Waals surface area contributed by atoms with Crippen LogP contribution in [-0.4, -0.2) is 34.9 Å². The largest absolute Gasteiger partial charge is 0.478 e. The van der Waals surface area contributed by atoms with Gasteiger partial charge in [0.05, 0.1) is 0 Å². The number of ether oxygens (including phenoxy) is 1. The summed E-state index contributed by atoms with van der Waals surface area (Å²) in [7, 11) is 0. The molecule has 0 fully saturated rings. The summed E-state index contributed by atoms with van der Waals surface area (Å²) < 4.78 is 18.4. The molecule has 0 aromatic heterocycles. The van der Waals surface area contributed by atoms with Gasteiger partial charge >= 0.3 is 17.6 Å². The minimum Gasteiger partial charge on any atom is -0.478 e. The molecule has 0 aromatic carbocycles. The van der Waals surface area contributed by atoms with Crippen molar-refractivity contribution >= 4 is 11.9 Å². The van der Waals surface area contributed by atoms with Crippen LogP contribution in [0.4, 0.5) is 4.39 Å². The summed E-state index contributed by atoms with van der Waals surface area (Å²) in [4.78, 5) is 21.9. The van der Waals surface area contributed by atoms with Gasteiger partial charge in [-0.1, -0.05) is 0 Å². The molecule has 0 rings (SSSR count). The second-order valence-corrected chi connectivity index (χ2v) is 4.15. The van der Waals surface area contributed by atoms with Crippen molar-refractivity contribution in [3.05, 3.63) is 0 Å². The molecule has 0 radical (unpaired) electrons. The van der Waals surface area contributed by atoms with E-state index in [0.29, 0.717) is 0 Å². The smallest absolute Gasteiger partial charge is 0.356 e. The van der Waals surface area contributed by atoms with Gasteiger partial charge in [0.2, 0.25) is 0 Å². The summed E-state index contributed by atoms with van der Waals surface area (Å²) in [6.07, 6.45) is -0.600. The van der Waals surface area contributed by atoms with Gasteiger partial charge in [-0.15, -0.1) is 0 Å². The molecule has 3 N–H and O–H groups in total. The number of carbonyl (C=O) groups excluding carboxylic acids is 1. The fourth-order valence-corrected chi connectivity index (χ4v) is 0.854. The number of hydrogen-bond donors (Lipinski definition) is 2. The Morgan fingerprint density at radius 2 is 1.87 bits per heavy atom. The summed E-state index contributed by atoms with van der Waals surface area (Å²) in [5.41, 5.74) is 1.06. The third-order valence-corrected chi connectivity index (χ3v) is 1.55. The van der Waals surface area contributed by atoms with E-state index in [1.165, 1.54) is 20.8 Å². The van der Waals surface area contributed by atoms with Crippen LogP contribution in [0.3, 0.4) is 0 Å². The van der Waals surface area contributed by atoms with E-state index in [-0.39, 0.29) is 6.54 Å². The summed E-state index contributed by atoms with van der Waals surface area (Å²) in [6.45, 7) is 4.32. The maximum absolute atomic E-state index is 13.7.